The molecule has 0 saturated carbocycles. The Morgan fingerprint density at radius 2 is 1.52 bits per heavy atom. The van der Waals surface area contributed by atoms with Gasteiger partial charge >= 0.3 is 0 Å². The first-order valence-electron chi connectivity index (χ1n) is 7.85. The van der Waals surface area contributed by atoms with Crippen molar-refractivity contribution in [3.8, 4) is 11.5 Å². The number of aryl methyl sites for hydroxylation is 1. The first kappa shape index (κ1) is 18.3. The molecule has 132 valence electrons. The number of carbonyl (C=O) groups is 2. The van der Waals surface area contributed by atoms with Gasteiger partial charge in [0.25, 0.3) is 5.91 Å². The van der Waals surface area contributed by atoms with E-state index in [1.165, 1.54) is 14.2 Å². The van der Waals surface area contributed by atoms with Crippen molar-refractivity contribution in [1.29, 1.82) is 0 Å². The lowest BCUT2D eigenvalue weighted by Gasteiger charge is -2.10. The highest BCUT2D eigenvalue weighted by Gasteiger charge is 2.11. The molecule has 0 aromatic heterocycles. The molecule has 0 atom stereocenters. The van der Waals surface area contributed by atoms with Crippen molar-refractivity contribution in [3.05, 3.63) is 59.2 Å². The summed E-state index contributed by atoms with van der Waals surface area (Å²) in [5.74, 6) is 0.383. The average Bonchev–Trinajstić information content (AvgIpc) is 2.65. The van der Waals surface area contributed by atoms with E-state index in [4.69, 9.17) is 9.47 Å². The van der Waals surface area contributed by atoms with E-state index in [1.54, 1.807) is 18.2 Å². The van der Waals surface area contributed by atoms with Gasteiger partial charge in [0.1, 0.15) is 11.5 Å². The molecule has 2 N–H and O–H groups in total. The fourth-order valence-corrected chi connectivity index (χ4v) is 2.17. The van der Waals surface area contributed by atoms with Gasteiger partial charge < -0.3 is 20.1 Å². The van der Waals surface area contributed by atoms with Crippen LogP contribution in [-0.2, 0) is 11.3 Å². The molecule has 0 aliphatic rings. The monoisotopic (exact) mass is 342 g/mol. The molecule has 0 radical (unpaired) electrons. The van der Waals surface area contributed by atoms with Crippen molar-refractivity contribution in [1.82, 2.24) is 10.6 Å². The van der Waals surface area contributed by atoms with E-state index >= 15 is 0 Å². The number of carbonyl (C=O) groups excluding carboxylic acids is 2. The number of hydrogen-bond donors (Lipinski definition) is 2. The zero-order chi connectivity index (χ0) is 18.2. The Balaban J connectivity index is 1.86. The van der Waals surface area contributed by atoms with Crippen LogP contribution in [-0.4, -0.2) is 32.6 Å². The summed E-state index contributed by atoms with van der Waals surface area (Å²) in [6.45, 7) is 2.32. The molecule has 0 saturated heterocycles. The van der Waals surface area contributed by atoms with Gasteiger partial charge in [-0.1, -0.05) is 29.8 Å². The van der Waals surface area contributed by atoms with Crippen LogP contribution in [0.1, 0.15) is 21.5 Å². The first-order valence-corrected chi connectivity index (χ1v) is 7.85. The quantitative estimate of drug-likeness (QED) is 0.807. The van der Waals surface area contributed by atoms with Crippen molar-refractivity contribution in [2.75, 3.05) is 20.8 Å². The third-order valence-corrected chi connectivity index (χ3v) is 3.63. The lowest BCUT2D eigenvalue weighted by Crippen LogP contribution is -2.36. The minimum Gasteiger partial charge on any atom is -0.497 e. The summed E-state index contributed by atoms with van der Waals surface area (Å²) >= 11 is 0. The van der Waals surface area contributed by atoms with Crippen molar-refractivity contribution in [3.63, 3.8) is 0 Å². The highest BCUT2D eigenvalue weighted by molar-refractivity contribution is 5.97. The van der Waals surface area contributed by atoms with E-state index in [-0.39, 0.29) is 18.4 Å². The lowest BCUT2D eigenvalue weighted by atomic mass is 10.1. The lowest BCUT2D eigenvalue weighted by molar-refractivity contribution is -0.120. The average molecular weight is 342 g/mol. The molecule has 6 heteroatoms. The molecule has 2 amide bonds. The van der Waals surface area contributed by atoms with Crippen LogP contribution in [0.3, 0.4) is 0 Å². The normalized spacial score (nSPS) is 10.0. The molecule has 6 nitrogen and oxygen atoms in total. The molecule has 0 spiro atoms. The van der Waals surface area contributed by atoms with Gasteiger partial charge in [0.15, 0.2) is 0 Å². The fourth-order valence-electron chi connectivity index (χ4n) is 2.17. The van der Waals surface area contributed by atoms with E-state index in [9.17, 15) is 9.59 Å². The van der Waals surface area contributed by atoms with Gasteiger partial charge in [-0.25, -0.2) is 0 Å². The van der Waals surface area contributed by atoms with Crippen LogP contribution >= 0.6 is 0 Å². The van der Waals surface area contributed by atoms with Gasteiger partial charge in [0.2, 0.25) is 5.91 Å². The Morgan fingerprint density at radius 1 is 0.920 bits per heavy atom. The molecule has 0 aliphatic carbocycles. The van der Waals surface area contributed by atoms with Gasteiger partial charge in [-0.05, 0) is 24.6 Å². The number of rotatable bonds is 7. The Kier molecular flexibility index (Phi) is 6.39. The van der Waals surface area contributed by atoms with Crippen molar-refractivity contribution < 1.29 is 19.1 Å². The van der Waals surface area contributed by atoms with Crippen LogP contribution in [0.5, 0.6) is 11.5 Å². The first-order chi connectivity index (χ1) is 12.0. The molecule has 0 heterocycles. The Bertz CT molecular complexity index is 719. The molecular formula is C19H22N2O4. The van der Waals surface area contributed by atoms with Crippen LogP contribution in [0.15, 0.2) is 42.5 Å². The number of benzene rings is 2. The van der Waals surface area contributed by atoms with Crippen LogP contribution in [0.4, 0.5) is 0 Å². The third-order valence-electron chi connectivity index (χ3n) is 3.63. The van der Waals surface area contributed by atoms with E-state index in [0.29, 0.717) is 23.6 Å². The second-order valence-electron chi connectivity index (χ2n) is 5.55. The van der Waals surface area contributed by atoms with E-state index in [1.807, 2.05) is 31.2 Å². The molecule has 0 aliphatic heterocycles. The molecule has 2 aromatic carbocycles. The van der Waals surface area contributed by atoms with E-state index in [0.717, 1.165) is 11.1 Å². The van der Waals surface area contributed by atoms with Gasteiger partial charge in [0, 0.05) is 18.2 Å². The zero-order valence-electron chi connectivity index (χ0n) is 14.6. The van der Waals surface area contributed by atoms with Gasteiger partial charge in [-0.15, -0.1) is 0 Å². The van der Waals surface area contributed by atoms with Gasteiger partial charge in [-0.3, -0.25) is 9.59 Å². The maximum atomic E-state index is 12.2. The summed E-state index contributed by atoms with van der Waals surface area (Å²) in [7, 11) is 3.02. The van der Waals surface area contributed by atoms with Crippen LogP contribution < -0.4 is 20.1 Å². The maximum Gasteiger partial charge on any atom is 0.251 e. The summed E-state index contributed by atoms with van der Waals surface area (Å²) in [6.07, 6.45) is 0. The Morgan fingerprint density at radius 3 is 2.08 bits per heavy atom. The smallest absolute Gasteiger partial charge is 0.251 e. The molecule has 2 aromatic rings. The number of nitrogens with one attached hydrogen (secondary N) is 2. The number of methoxy groups -OCH3 is 2. The van der Waals surface area contributed by atoms with Crippen molar-refractivity contribution in [2.24, 2.45) is 0 Å². The van der Waals surface area contributed by atoms with E-state index < -0.39 is 0 Å². The minimum atomic E-state index is -0.373. The summed E-state index contributed by atoms with van der Waals surface area (Å²) in [4.78, 5) is 24.1. The minimum absolute atomic E-state index is 0.107. The number of ether oxygens (including phenoxy) is 2. The second-order valence-corrected chi connectivity index (χ2v) is 5.55. The predicted octanol–water partition coefficient (Wildman–Crippen LogP) is 2.06. The number of hydrogen-bond acceptors (Lipinski definition) is 4. The topological polar surface area (TPSA) is 76.7 Å². The molecule has 0 fully saturated rings. The van der Waals surface area contributed by atoms with Crippen LogP contribution in [0.2, 0.25) is 0 Å². The van der Waals surface area contributed by atoms with Crippen molar-refractivity contribution in [2.45, 2.75) is 13.5 Å². The second kappa shape index (κ2) is 8.73. The predicted molar refractivity (Wildman–Crippen MR) is 94.9 cm³/mol. The van der Waals surface area contributed by atoms with Crippen LogP contribution in [0.25, 0.3) is 0 Å². The Hall–Kier alpha value is -3.02. The maximum absolute atomic E-state index is 12.2. The largest absolute Gasteiger partial charge is 0.497 e. The van der Waals surface area contributed by atoms with E-state index in [2.05, 4.69) is 10.6 Å². The number of amides is 2. The van der Waals surface area contributed by atoms with Crippen molar-refractivity contribution >= 4 is 11.8 Å². The van der Waals surface area contributed by atoms with Gasteiger partial charge in [-0.2, -0.15) is 0 Å². The SMILES string of the molecule is COc1cc(OC)cc(C(=O)NCC(=O)NCc2ccc(C)cc2)c1. The van der Waals surface area contributed by atoms with Crippen LogP contribution in [0, 0.1) is 6.92 Å². The molecule has 0 bridgehead atoms. The summed E-state index contributed by atoms with van der Waals surface area (Å²) in [5.41, 5.74) is 2.53. The molecule has 2 rings (SSSR count). The molecule has 0 unspecified atom stereocenters. The van der Waals surface area contributed by atoms with Gasteiger partial charge in [0.05, 0.1) is 20.8 Å². The zero-order valence-corrected chi connectivity index (χ0v) is 14.6. The fraction of sp³-hybridized carbons (Fsp3) is 0.263. The summed E-state index contributed by atoms with van der Waals surface area (Å²) in [6, 6.07) is 12.7. The molecule has 25 heavy (non-hydrogen) atoms. The third kappa shape index (κ3) is 5.53. The summed E-state index contributed by atoms with van der Waals surface area (Å²) in [5, 5.41) is 5.35. The molecular weight excluding hydrogens is 320 g/mol. The summed E-state index contributed by atoms with van der Waals surface area (Å²) < 4.78 is 10.3. The highest BCUT2D eigenvalue weighted by atomic mass is 16.5. The standard InChI is InChI=1S/C19H22N2O4/c1-13-4-6-14(7-5-13)11-20-18(22)12-21-19(23)15-8-16(24-2)10-17(9-15)25-3/h4-10H,11-12H2,1-3H3,(H,20,22)(H,21,23). The Labute approximate surface area is 147 Å². The highest BCUT2D eigenvalue weighted by Crippen LogP contribution is 2.22.